The molecule has 4 heterocycles. The maximum Gasteiger partial charge on any atom is 0.132 e. The van der Waals surface area contributed by atoms with Crippen LogP contribution in [-0.4, -0.2) is 46.1 Å². The monoisotopic (exact) mass is 332 g/mol. The average molecular weight is 332 g/mol. The Bertz CT molecular complexity index is 829. The van der Waals surface area contributed by atoms with Gasteiger partial charge >= 0.3 is 0 Å². The highest BCUT2D eigenvalue weighted by Gasteiger charge is 2.20. The molecule has 1 saturated heterocycles. The molecule has 0 atom stereocenters. The summed E-state index contributed by atoms with van der Waals surface area (Å²) in [6.45, 7) is 5.64. The molecule has 0 N–H and O–H groups in total. The Morgan fingerprint density at radius 3 is 2.32 bits per heavy atom. The number of hydrogen-bond donors (Lipinski definition) is 0. The summed E-state index contributed by atoms with van der Waals surface area (Å²) in [5.41, 5.74) is 1.93. The maximum absolute atomic E-state index is 4.64. The predicted molar refractivity (Wildman–Crippen MR) is 98.7 cm³/mol. The van der Waals surface area contributed by atoms with Crippen LogP contribution in [0.2, 0.25) is 0 Å². The zero-order valence-corrected chi connectivity index (χ0v) is 14.2. The van der Waals surface area contributed by atoms with Crippen molar-refractivity contribution < 1.29 is 0 Å². The highest BCUT2D eigenvalue weighted by molar-refractivity contribution is 5.62. The molecule has 1 fully saturated rings. The highest BCUT2D eigenvalue weighted by atomic mass is 15.3. The van der Waals surface area contributed by atoms with E-state index in [9.17, 15) is 0 Å². The van der Waals surface area contributed by atoms with Crippen LogP contribution in [0.3, 0.4) is 0 Å². The third kappa shape index (κ3) is 3.42. The van der Waals surface area contributed by atoms with Crippen LogP contribution in [0, 0.1) is 6.92 Å². The van der Waals surface area contributed by atoms with E-state index in [4.69, 9.17) is 0 Å². The number of hydrogen-bond acceptors (Lipinski definition) is 6. The van der Waals surface area contributed by atoms with Crippen molar-refractivity contribution in [2.75, 3.05) is 36.0 Å². The summed E-state index contributed by atoms with van der Waals surface area (Å²) < 4.78 is 0. The third-order valence-corrected chi connectivity index (χ3v) is 4.36. The van der Waals surface area contributed by atoms with Gasteiger partial charge in [0.1, 0.15) is 17.5 Å². The molecule has 3 aromatic rings. The van der Waals surface area contributed by atoms with Crippen LogP contribution in [-0.2, 0) is 0 Å². The molecule has 0 aliphatic carbocycles. The first-order chi connectivity index (χ1) is 12.3. The topological polar surface area (TPSA) is 58.0 Å². The van der Waals surface area contributed by atoms with E-state index in [2.05, 4.69) is 41.9 Å². The van der Waals surface area contributed by atoms with Gasteiger partial charge in [0.15, 0.2) is 0 Å². The zero-order chi connectivity index (χ0) is 17.1. The second kappa shape index (κ2) is 6.84. The van der Waals surface area contributed by atoms with E-state index in [0.717, 1.165) is 54.9 Å². The molecule has 0 unspecified atom stereocenters. The van der Waals surface area contributed by atoms with Gasteiger partial charge in [-0.1, -0.05) is 6.07 Å². The van der Waals surface area contributed by atoms with Gasteiger partial charge in [-0.15, -0.1) is 0 Å². The van der Waals surface area contributed by atoms with Gasteiger partial charge in [0.2, 0.25) is 0 Å². The number of aryl methyl sites for hydroxylation is 1. The number of piperazine rings is 1. The molecule has 4 rings (SSSR count). The van der Waals surface area contributed by atoms with E-state index in [1.165, 1.54) is 0 Å². The van der Waals surface area contributed by atoms with Crippen LogP contribution < -0.4 is 9.80 Å². The fraction of sp³-hybridized carbons (Fsp3) is 0.263. The van der Waals surface area contributed by atoms with Gasteiger partial charge in [-0.2, -0.15) is 0 Å². The molecule has 126 valence electrons. The van der Waals surface area contributed by atoms with Crippen molar-refractivity contribution in [2.24, 2.45) is 0 Å². The fourth-order valence-corrected chi connectivity index (χ4v) is 3.08. The van der Waals surface area contributed by atoms with E-state index in [0.29, 0.717) is 0 Å². The van der Waals surface area contributed by atoms with Gasteiger partial charge in [0.25, 0.3) is 0 Å². The Labute approximate surface area is 147 Å². The summed E-state index contributed by atoms with van der Waals surface area (Å²) >= 11 is 0. The van der Waals surface area contributed by atoms with E-state index in [-0.39, 0.29) is 0 Å². The largest absolute Gasteiger partial charge is 0.353 e. The van der Waals surface area contributed by atoms with Crippen LogP contribution in [0.1, 0.15) is 5.82 Å². The van der Waals surface area contributed by atoms with Gasteiger partial charge in [0.05, 0.1) is 5.69 Å². The first-order valence-corrected chi connectivity index (χ1v) is 8.46. The van der Waals surface area contributed by atoms with Gasteiger partial charge in [-0.05, 0) is 31.2 Å². The summed E-state index contributed by atoms with van der Waals surface area (Å²) in [6.07, 6.45) is 5.45. The molecule has 0 radical (unpaired) electrons. The van der Waals surface area contributed by atoms with Crippen LogP contribution in [0.25, 0.3) is 11.3 Å². The van der Waals surface area contributed by atoms with Crippen molar-refractivity contribution in [1.82, 2.24) is 19.9 Å². The number of nitrogens with zero attached hydrogens (tertiary/aromatic N) is 6. The Morgan fingerprint density at radius 1 is 0.840 bits per heavy atom. The van der Waals surface area contributed by atoms with Crippen LogP contribution >= 0.6 is 0 Å². The van der Waals surface area contributed by atoms with Gasteiger partial charge in [-0.25, -0.2) is 15.0 Å². The van der Waals surface area contributed by atoms with Gasteiger partial charge in [-0.3, -0.25) is 4.98 Å². The molecule has 6 nitrogen and oxygen atoms in total. The lowest BCUT2D eigenvalue weighted by molar-refractivity contribution is 0.640. The number of pyridine rings is 2. The molecule has 3 aromatic heterocycles. The minimum Gasteiger partial charge on any atom is -0.353 e. The Balaban J connectivity index is 1.52. The molecular formula is C19H20N6. The second-order valence-corrected chi connectivity index (χ2v) is 6.06. The summed E-state index contributed by atoms with van der Waals surface area (Å²) in [6, 6.07) is 12.0. The minimum atomic E-state index is 0.781. The minimum absolute atomic E-state index is 0.781. The van der Waals surface area contributed by atoms with Gasteiger partial charge < -0.3 is 9.80 Å². The summed E-state index contributed by atoms with van der Waals surface area (Å²) in [5.74, 6) is 2.80. The van der Waals surface area contributed by atoms with E-state index in [1.807, 2.05) is 43.6 Å². The molecule has 0 saturated carbocycles. The lowest BCUT2D eigenvalue weighted by Crippen LogP contribution is -2.47. The molecule has 0 amide bonds. The molecule has 0 aromatic carbocycles. The maximum atomic E-state index is 4.64. The zero-order valence-electron chi connectivity index (χ0n) is 14.2. The molecule has 0 spiro atoms. The predicted octanol–water partition coefficient (Wildman–Crippen LogP) is 2.57. The van der Waals surface area contributed by atoms with Crippen LogP contribution in [0.5, 0.6) is 0 Å². The van der Waals surface area contributed by atoms with Crippen LogP contribution in [0.4, 0.5) is 11.6 Å². The lowest BCUT2D eigenvalue weighted by Gasteiger charge is -2.36. The SMILES string of the molecule is Cc1nc(-c2cccnc2)cc(N2CCN(c3ccccn3)CC2)n1. The van der Waals surface area contributed by atoms with Crippen molar-refractivity contribution >= 4 is 11.6 Å². The Kier molecular flexibility index (Phi) is 4.24. The molecule has 6 heteroatoms. The molecule has 1 aliphatic heterocycles. The lowest BCUT2D eigenvalue weighted by atomic mass is 10.2. The Hall–Kier alpha value is -3.02. The van der Waals surface area contributed by atoms with Gasteiger partial charge in [0, 0.05) is 56.4 Å². The first-order valence-electron chi connectivity index (χ1n) is 8.46. The van der Waals surface area contributed by atoms with E-state index in [1.54, 1.807) is 6.20 Å². The van der Waals surface area contributed by atoms with E-state index >= 15 is 0 Å². The second-order valence-electron chi connectivity index (χ2n) is 6.06. The van der Waals surface area contributed by atoms with Crippen molar-refractivity contribution in [3.05, 3.63) is 60.8 Å². The average Bonchev–Trinajstić information content (AvgIpc) is 2.69. The molecular weight excluding hydrogens is 312 g/mol. The van der Waals surface area contributed by atoms with Crippen molar-refractivity contribution in [2.45, 2.75) is 6.92 Å². The highest BCUT2D eigenvalue weighted by Crippen LogP contribution is 2.23. The fourth-order valence-electron chi connectivity index (χ4n) is 3.08. The normalized spacial score (nSPS) is 14.6. The summed E-state index contributed by atoms with van der Waals surface area (Å²) in [5, 5.41) is 0. The van der Waals surface area contributed by atoms with Crippen LogP contribution in [0.15, 0.2) is 55.0 Å². The third-order valence-electron chi connectivity index (χ3n) is 4.36. The standard InChI is InChI=1S/C19H20N6/c1-15-22-17(16-5-4-7-20-14-16)13-19(23-15)25-11-9-24(10-12-25)18-6-2-3-8-21-18/h2-8,13-14H,9-12H2,1H3. The van der Waals surface area contributed by atoms with Crippen molar-refractivity contribution in [3.8, 4) is 11.3 Å². The molecule has 1 aliphatic rings. The Morgan fingerprint density at radius 2 is 1.64 bits per heavy atom. The smallest absolute Gasteiger partial charge is 0.132 e. The number of rotatable bonds is 3. The molecule has 0 bridgehead atoms. The summed E-state index contributed by atoms with van der Waals surface area (Å²) in [4.78, 5) is 22.5. The molecule has 25 heavy (non-hydrogen) atoms. The van der Waals surface area contributed by atoms with E-state index < -0.39 is 0 Å². The quantitative estimate of drug-likeness (QED) is 0.735. The first kappa shape index (κ1) is 15.5. The summed E-state index contributed by atoms with van der Waals surface area (Å²) in [7, 11) is 0. The van der Waals surface area contributed by atoms with Crippen molar-refractivity contribution in [3.63, 3.8) is 0 Å². The number of anilines is 2. The van der Waals surface area contributed by atoms with Crippen molar-refractivity contribution in [1.29, 1.82) is 0 Å². The number of aromatic nitrogens is 4.